The Bertz CT molecular complexity index is 459. The molecule has 0 aromatic heterocycles. The van der Waals surface area contributed by atoms with Gasteiger partial charge >= 0.3 is 0 Å². The van der Waals surface area contributed by atoms with Crippen LogP contribution in [0, 0.1) is 0 Å². The Morgan fingerprint density at radius 2 is 2.32 bits per heavy atom. The van der Waals surface area contributed by atoms with Crippen molar-refractivity contribution in [1.29, 1.82) is 0 Å². The summed E-state index contributed by atoms with van der Waals surface area (Å²) in [6.07, 6.45) is 2.80. The third-order valence-electron chi connectivity index (χ3n) is 3.71. The van der Waals surface area contributed by atoms with E-state index in [-0.39, 0.29) is 11.9 Å². The van der Waals surface area contributed by atoms with E-state index in [0.29, 0.717) is 12.3 Å². The summed E-state index contributed by atoms with van der Waals surface area (Å²) in [4.78, 5) is 13.8. The molecule has 0 aliphatic heterocycles. The fraction of sp³-hybridized carbons (Fsp3) is 0.533. The Morgan fingerprint density at radius 1 is 1.53 bits per heavy atom. The Balaban J connectivity index is 2.01. The molecule has 0 saturated heterocycles. The number of nitrogens with one attached hydrogen (secondary N) is 1. The molecule has 0 radical (unpaired) electrons. The summed E-state index contributed by atoms with van der Waals surface area (Å²) < 4.78 is 0. The van der Waals surface area contributed by atoms with Crippen molar-refractivity contribution in [3.63, 3.8) is 0 Å². The van der Waals surface area contributed by atoms with E-state index in [9.17, 15) is 9.90 Å². The van der Waals surface area contributed by atoms with Gasteiger partial charge in [0.25, 0.3) is 0 Å². The van der Waals surface area contributed by atoms with Crippen LogP contribution in [0.5, 0.6) is 5.75 Å². The average molecular weight is 262 g/mol. The number of rotatable bonds is 5. The summed E-state index contributed by atoms with van der Waals surface area (Å²) in [7, 11) is 1.97. The number of amides is 1. The lowest BCUT2D eigenvalue weighted by molar-refractivity contribution is -0.122. The molecule has 4 nitrogen and oxygen atoms in total. The maximum absolute atomic E-state index is 11.7. The van der Waals surface area contributed by atoms with Crippen molar-refractivity contribution >= 4 is 5.91 Å². The van der Waals surface area contributed by atoms with Gasteiger partial charge in [0.2, 0.25) is 5.91 Å². The van der Waals surface area contributed by atoms with Gasteiger partial charge in [0.1, 0.15) is 5.75 Å². The fourth-order valence-corrected chi connectivity index (χ4v) is 2.73. The number of likely N-dealkylation sites (N-methyl/N-ethyl adjacent to an activating group) is 1. The van der Waals surface area contributed by atoms with Crippen LogP contribution in [0.15, 0.2) is 18.2 Å². The topological polar surface area (TPSA) is 52.6 Å². The zero-order chi connectivity index (χ0) is 13.8. The number of fused-ring (bicyclic) bond motifs is 1. The highest BCUT2D eigenvalue weighted by Crippen LogP contribution is 2.38. The molecule has 1 aromatic carbocycles. The minimum Gasteiger partial charge on any atom is -0.508 e. The van der Waals surface area contributed by atoms with Gasteiger partial charge in [-0.2, -0.15) is 0 Å². The molecule has 2 rings (SSSR count). The van der Waals surface area contributed by atoms with Gasteiger partial charge in [-0.05, 0) is 43.5 Å². The standard InChI is InChI=1S/C15H22N2O2/c1-3-9-16-15(19)10-17(2)13-8-7-12-11(13)5-4-6-14(12)18/h4-6,13,18H,3,7-10H2,1-2H3,(H,16,19). The van der Waals surface area contributed by atoms with E-state index in [2.05, 4.69) is 10.2 Å². The molecule has 104 valence electrons. The first-order valence-corrected chi connectivity index (χ1v) is 6.91. The molecule has 0 fully saturated rings. The van der Waals surface area contributed by atoms with Crippen LogP contribution in [0.2, 0.25) is 0 Å². The van der Waals surface area contributed by atoms with Crippen molar-refractivity contribution < 1.29 is 9.90 Å². The van der Waals surface area contributed by atoms with Gasteiger partial charge in [-0.1, -0.05) is 19.1 Å². The summed E-state index contributed by atoms with van der Waals surface area (Å²) in [5.74, 6) is 0.446. The van der Waals surface area contributed by atoms with Gasteiger partial charge in [0.05, 0.1) is 6.54 Å². The number of nitrogens with zero attached hydrogens (tertiary/aromatic N) is 1. The lowest BCUT2D eigenvalue weighted by Gasteiger charge is -2.24. The number of carbonyl (C=O) groups is 1. The molecular formula is C15H22N2O2. The second-order valence-corrected chi connectivity index (χ2v) is 5.16. The summed E-state index contributed by atoms with van der Waals surface area (Å²) in [5.41, 5.74) is 2.19. The van der Waals surface area contributed by atoms with Crippen LogP contribution >= 0.6 is 0 Å². The summed E-state index contributed by atoms with van der Waals surface area (Å²) in [6.45, 7) is 3.18. The smallest absolute Gasteiger partial charge is 0.234 e. The lowest BCUT2D eigenvalue weighted by Crippen LogP contribution is -2.36. The van der Waals surface area contributed by atoms with Crippen molar-refractivity contribution in [2.45, 2.75) is 32.2 Å². The average Bonchev–Trinajstić information content (AvgIpc) is 2.81. The van der Waals surface area contributed by atoms with Crippen LogP contribution < -0.4 is 5.32 Å². The number of phenolic OH excluding ortho intramolecular Hbond substituents is 1. The molecule has 0 spiro atoms. The molecule has 1 aliphatic carbocycles. The normalized spacial score (nSPS) is 17.5. The van der Waals surface area contributed by atoms with E-state index in [0.717, 1.165) is 36.9 Å². The van der Waals surface area contributed by atoms with Crippen molar-refractivity contribution in [1.82, 2.24) is 10.2 Å². The third-order valence-corrected chi connectivity index (χ3v) is 3.71. The SMILES string of the molecule is CCCNC(=O)CN(C)C1CCc2c(O)cccc21. The molecular weight excluding hydrogens is 240 g/mol. The first-order valence-electron chi connectivity index (χ1n) is 6.91. The van der Waals surface area contributed by atoms with Crippen molar-refractivity contribution in [3.05, 3.63) is 29.3 Å². The third kappa shape index (κ3) is 3.07. The molecule has 1 amide bonds. The van der Waals surface area contributed by atoms with Gasteiger partial charge in [-0.25, -0.2) is 0 Å². The number of aromatic hydroxyl groups is 1. The second-order valence-electron chi connectivity index (χ2n) is 5.16. The number of carbonyl (C=O) groups excluding carboxylic acids is 1. The van der Waals surface area contributed by atoms with E-state index in [4.69, 9.17) is 0 Å². The summed E-state index contributed by atoms with van der Waals surface area (Å²) in [6, 6.07) is 5.88. The monoisotopic (exact) mass is 262 g/mol. The lowest BCUT2D eigenvalue weighted by atomic mass is 10.1. The van der Waals surface area contributed by atoms with Crippen molar-refractivity contribution in [2.75, 3.05) is 20.1 Å². The molecule has 0 saturated carbocycles. The highest BCUT2D eigenvalue weighted by molar-refractivity contribution is 5.78. The van der Waals surface area contributed by atoms with E-state index in [1.165, 1.54) is 0 Å². The first kappa shape index (κ1) is 13.9. The number of hydrogen-bond acceptors (Lipinski definition) is 3. The Hall–Kier alpha value is -1.55. The molecule has 4 heteroatoms. The van der Waals surface area contributed by atoms with Gasteiger partial charge in [-0.3, -0.25) is 9.69 Å². The van der Waals surface area contributed by atoms with Gasteiger partial charge in [-0.15, -0.1) is 0 Å². The largest absolute Gasteiger partial charge is 0.508 e. The summed E-state index contributed by atoms with van der Waals surface area (Å²) in [5, 5.41) is 12.7. The van der Waals surface area contributed by atoms with E-state index in [1.807, 2.05) is 26.1 Å². The van der Waals surface area contributed by atoms with Crippen LogP contribution in [-0.2, 0) is 11.2 Å². The molecule has 0 heterocycles. The summed E-state index contributed by atoms with van der Waals surface area (Å²) >= 11 is 0. The molecule has 2 N–H and O–H groups in total. The highest BCUT2D eigenvalue weighted by Gasteiger charge is 2.28. The second kappa shape index (κ2) is 6.06. The highest BCUT2D eigenvalue weighted by atomic mass is 16.3. The number of benzene rings is 1. The maximum Gasteiger partial charge on any atom is 0.234 e. The van der Waals surface area contributed by atoms with E-state index < -0.39 is 0 Å². The maximum atomic E-state index is 11.7. The molecule has 1 atom stereocenters. The van der Waals surface area contributed by atoms with E-state index >= 15 is 0 Å². The van der Waals surface area contributed by atoms with E-state index in [1.54, 1.807) is 6.07 Å². The molecule has 1 unspecified atom stereocenters. The predicted molar refractivity (Wildman–Crippen MR) is 75.1 cm³/mol. The molecule has 1 aromatic rings. The van der Waals surface area contributed by atoms with Crippen molar-refractivity contribution in [3.8, 4) is 5.75 Å². The number of hydrogen-bond donors (Lipinski definition) is 2. The quantitative estimate of drug-likeness (QED) is 0.851. The molecule has 19 heavy (non-hydrogen) atoms. The van der Waals surface area contributed by atoms with Gasteiger partial charge in [0, 0.05) is 12.6 Å². The van der Waals surface area contributed by atoms with Crippen molar-refractivity contribution in [2.24, 2.45) is 0 Å². The first-order chi connectivity index (χ1) is 9.13. The fourth-order valence-electron chi connectivity index (χ4n) is 2.73. The Morgan fingerprint density at radius 3 is 3.05 bits per heavy atom. The predicted octanol–water partition coefficient (Wildman–Crippen LogP) is 1.84. The van der Waals surface area contributed by atoms with Crippen LogP contribution in [0.3, 0.4) is 0 Å². The van der Waals surface area contributed by atoms with Crippen LogP contribution in [0.1, 0.15) is 36.9 Å². The Labute approximate surface area is 114 Å². The Kier molecular flexibility index (Phi) is 4.43. The minimum absolute atomic E-state index is 0.0675. The van der Waals surface area contributed by atoms with Gasteiger partial charge in [0.15, 0.2) is 0 Å². The number of phenols is 1. The van der Waals surface area contributed by atoms with Crippen LogP contribution in [0.25, 0.3) is 0 Å². The molecule has 1 aliphatic rings. The van der Waals surface area contributed by atoms with Crippen LogP contribution in [0.4, 0.5) is 0 Å². The zero-order valence-electron chi connectivity index (χ0n) is 11.6. The van der Waals surface area contributed by atoms with Gasteiger partial charge < -0.3 is 10.4 Å². The molecule has 0 bridgehead atoms. The van der Waals surface area contributed by atoms with Crippen LogP contribution in [-0.4, -0.2) is 36.1 Å². The minimum atomic E-state index is 0.0675. The zero-order valence-corrected chi connectivity index (χ0v) is 11.6.